The van der Waals surface area contributed by atoms with Gasteiger partial charge in [-0.2, -0.15) is 0 Å². The molecule has 1 aromatic heterocycles. The highest BCUT2D eigenvalue weighted by Crippen LogP contribution is 2.36. The third-order valence-corrected chi connectivity index (χ3v) is 7.34. The maximum atomic E-state index is 13.1. The fourth-order valence-corrected chi connectivity index (χ4v) is 5.70. The highest BCUT2D eigenvalue weighted by atomic mass is 35.5. The van der Waals surface area contributed by atoms with E-state index in [1.54, 1.807) is 24.3 Å². The molecule has 30 heavy (non-hydrogen) atoms. The number of hydrogen-bond donors (Lipinski definition) is 1. The molecule has 0 bridgehead atoms. The molecule has 7 heteroatoms. The van der Waals surface area contributed by atoms with Crippen LogP contribution < -0.4 is 10.6 Å². The van der Waals surface area contributed by atoms with Crippen LogP contribution in [-0.4, -0.2) is 36.4 Å². The van der Waals surface area contributed by atoms with Gasteiger partial charge >= 0.3 is 0 Å². The Morgan fingerprint density at radius 2 is 1.87 bits per heavy atom. The molecule has 3 aromatic rings. The molecule has 3 heterocycles. The van der Waals surface area contributed by atoms with Crippen LogP contribution in [0, 0.1) is 0 Å². The molecule has 1 atom stereocenters. The fraction of sp³-hybridized carbons (Fsp3) is 0.261. The van der Waals surface area contributed by atoms with Gasteiger partial charge in [-0.25, -0.2) is 0 Å². The van der Waals surface area contributed by atoms with Crippen LogP contribution in [0.5, 0.6) is 0 Å². The number of halogens is 2. The summed E-state index contributed by atoms with van der Waals surface area (Å²) in [6.07, 6.45) is 1.01. The molecule has 2 N–H and O–H groups in total. The number of anilines is 2. The summed E-state index contributed by atoms with van der Waals surface area (Å²) in [5, 5.41) is 4.01. The Morgan fingerprint density at radius 1 is 1.10 bits per heavy atom. The van der Waals surface area contributed by atoms with Crippen LogP contribution in [0.15, 0.2) is 47.8 Å². The number of nitrogens with zero attached hydrogens (tertiary/aromatic N) is 2. The van der Waals surface area contributed by atoms with E-state index in [4.69, 9.17) is 28.9 Å². The van der Waals surface area contributed by atoms with Gasteiger partial charge in [0.15, 0.2) is 5.78 Å². The number of nitrogen functional groups attached to an aromatic ring is 1. The highest BCUT2D eigenvalue weighted by Gasteiger charge is 2.34. The number of thiophene rings is 1. The van der Waals surface area contributed by atoms with E-state index in [2.05, 4.69) is 21.9 Å². The number of fused-ring (bicyclic) bond motifs is 3. The molecule has 0 aliphatic carbocycles. The number of hydrogen-bond acceptors (Lipinski definition) is 5. The van der Waals surface area contributed by atoms with Crippen molar-refractivity contribution in [2.75, 3.05) is 30.3 Å². The Bertz CT molecular complexity index is 1110. The Hall–Kier alpha value is -2.05. The smallest absolute Gasteiger partial charge is 0.196 e. The van der Waals surface area contributed by atoms with Gasteiger partial charge in [0.25, 0.3) is 0 Å². The van der Waals surface area contributed by atoms with Gasteiger partial charge in [-0.1, -0.05) is 23.2 Å². The van der Waals surface area contributed by atoms with Crippen LogP contribution in [0.3, 0.4) is 0 Å². The zero-order valence-corrected chi connectivity index (χ0v) is 18.6. The molecule has 2 aliphatic rings. The summed E-state index contributed by atoms with van der Waals surface area (Å²) in [6, 6.07) is 13.6. The van der Waals surface area contributed by atoms with E-state index < -0.39 is 0 Å². The van der Waals surface area contributed by atoms with E-state index in [0.717, 1.165) is 43.2 Å². The van der Waals surface area contributed by atoms with Crippen molar-refractivity contribution in [3.8, 4) is 0 Å². The van der Waals surface area contributed by atoms with E-state index in [-0.39, 0.29) is 5.78 Å². The molecule has 1 saturated heterocycles. The number of nitrogens with two attached hydrogens (primary N) is 1. The molecule has 0 spiro atoms. The molecule has 0 radical (unpaired) electrons. The van der Waals surface area contributed by atoms with E-state index in [9.17, 15) is 4.79 Å². The van der Waals surface area contributed by atoms with Gasteiger partial charge in [0.05, 0.1) is 10.6 Å². The zero-order chi connectivity index (χ0) is 20.8. The predicted molar refractivity (Wildman–Crippen MR) is 125 cm³/mol. The molecule has 154 valence electrons. The lowest BCUT2D eigenvalue weighted by Gasteiger charge is -2.39. The van der Waals surface area contributed by atoms with Gasteiger partial charge in [-0.05, 0) is 65.4 Å². The van der Waals surface area contributed by atoms with Crippen molar-refractivity contribution in [3.63, 3.8) is 0 Å². The third-order valence-electron chi connectivity index (χ3n) is 6.00. The quantitative estimate of drug-likeness (QED) is 0.552. The largest absolute Gasteiger partial charge is 0.390 e. The Balaban J connectivity index is 1.33. The maximum Gasteiger partial charge on any atom is 0.196 e. The second-order valence-electron chi connectivity index (χ2n) is 7.90. The lowest BCUT2D eigenvalue weighted by molar-refractivity contribution is 0.103. The predicted octanol–water partition coefficient (Wildman–Crippen LogP) is 5.12. The monoisotopic (exact) mass is 457 g/mol. The van der Waals surface area contributed by atoms with Crippen molar-refractivity contribution in [2.24, 2.45) is 0 Å². The van der Waals surface area contributed by atoms with Gasteiger partial charge in [0, 0.05) is 53.5 Å². The first-order valence-corrected chi connectivity index (χ1v) is 11.6. The molecule has 4 nitrogen and oxygen atoms in total. The first kappa shape index (κ1) is 19.9. The van der Waals surface area contributed by atoms with E-state index in [0.29, 0.717) is 27.2 Å². The summed E-state index contributed by atoms with van der Waals surface area (Å²) in [6.45, 7) is 3.60. The van der Waals surface area contributed by atoms with E-state index in [1.165, 1.54) is 22.6 Å². The summed E-state index contributed by atoms with van der Waals surface area (Å²) in [5.41, 5.74) is 11.1. The molecule has 1 unspecified atom stereocenters. The van der Waals surface area contributed by atoms with Gasteiger partial charge in [-0.3, -0.25) is 9.69 Å². The van der Waals surface area contributed by atoms with Crippen molar-refractivity contribution in [3.05, 3.63) is 80.1 Å². The SMILES string of the molecule is Nc1scc(CN2CCN3c4ccc(Cl)cc4CC3C2)c1C(=O)c1ccc(Cl)cc1. The second kappa shape index (κ2) is 7.89. The van der Waals surface area contributed by atoms with Crippen LogP contribution >= 0.6 is 34.5 Å². The Kier molecular flexibility index (Phi) is 5.23. The summed E-state index contributed by atoms with van der Waals surface area (Å²) >= 11 is 13.6. The van der Waals surface area contributed by atoms with Crippen LogP contribution in [-0.2, 0) is 13.0 Å². The van der Waals surface area contributed by atoms with Crippen LogP contribution in [0.2, 0.25) is 10.0 Å². The Morgan fingerprint density at radius 3 is 2.67 bits per heavy atom. The third kappa shape index (κ3) is 3.60. The van der Waals surface area contributed by atoms with Gasteiger partial charge < -0.3 is 10.6 Å². The number of ketones is 1. The molecule has 2 aliphatic heterocycles. The number of carbonyl (C=O) groups excluding carboxylic acids is 1. The number of carbonyl (C=O) groups is 1. The lowest BCUT2D eigenvalue weighted by Crippen LogP contribution is -2.51. The minimum Gasteiger partial charge on any atom is -0.390 e. The van der Waals surface area contributed by atoms with Crippen molar-refractivity contribution in [1.29, 1.82) is 0 Å². The number of piperazine rings is 1. The minimum absolute atomic E-state index is 0.0398. The number of benzene rings is 2. The molecular weight excluding hydrogens is 437 g/mol. The minimum atomic E-state index is -0.0398. The normalized spacial score (nSPS) is 18.3. The average Bonchev–Trinajstić information content (AvgIpc) is 3.27. The van der Waals surface area contributed by atoms with Crippen LogP contribution in [0.25, 0.3) is 0 Å². The fourth-order valence-electron chi connectivity index (χ4n) is 4.58. The van der Waals surface area contributed by atoms with Gasteiger partial charge in [-0.15, -0.1) is 11.3 Å². The first-order valence-electron chi connectivity index (χ1n) is 9.93. The van der Waals surface area contributed by atoms with Crippen molar-refractivity contribution in [1.82, 2.24) is 4.90 Å². The standard InChI is InChI=1S/C23H21Cl2N3OS/c24-17-3-1-14(2-4-17)22(29)21-16(13-30-23(21)26)11-27-7-8-28-19(12-27)10-15-9-18(25)5-6-20(15)28/h1-6,9,13,19H,7-8,10-12,26H2. The number of rotatable bonds is 4. The average molecular weight is 458 g/mol. The highest BCUT2D eigenvalue weighted by molar-refractivity contribution is 7.14. The molecule has 0 saturated carbocycles. The summed E-state index contributed by atoms with van der Waals surface area (Å²) in [5.74, 6) is -0.0398. The molecule has 5 rings (SSSR count). The summed E-state index contributed by atoms with van der Waals surface area (Å²) in [4.78, 5) is 18.0. The molecule has 1 fully saturated rings. The topological polar surface area (TPSA) is 49.6 Å². The molecule has 2 aromatic carbocycles. The van der Waals surface area contributed by atoms with Gasteiger partial charge in [0.1, 0.15) is 0 Å². The first-order chi connectivity index (χ1) is 14.5. The second-order valence-corrected chi connectivity index (χ2v) is 9.68. The lowest BCUT2D eigenvalue weighted by atomic mass is 10.0. The van der Waals surface area contributed by atoms with Crippen molar-refractivity contribution < 1.29 is 4.79 Å². The van der Waals surface area contributed by atoms with Crippen LogP contribution in [0.4, 0.5) is 10.7 Å². The van der Waals surface area contributed by atoms with Crippen LogP contribution in [0.1, 0.15) is 27.0 Å². The van der Waals surface area contributed by atoms with E-state index >= 15 is 0 Å². The summed E-state index contributed by atoms with van der Waals surface area (Å²) < 4.78 is 0. The molecule has 0 amide bonds. The zero-order valence-electron chi connectivity index (χ0n) is 16.3. The maximum absolute atomic E-state index is 13.1. The van der Waals surface area contributed by atoms with Gasteiger partial charge in [0.2, 0.25) is 0 Å². The van der Waals surface area contributed by atoms with Crippen molar-refractivity contribution >= 4 is 51.0 Å². The van der Waals surface area contributed by atoms with Crippen molar-refractivity contribution in [2.45, 2.75) is 19.0 Å². The Labute approximate surface area is 189 Å². The molecular formula is C23H21Cl2N3OS. The van der Waals surface area contributed by atoms with E-state index in [1.807, 2.05) is 11.4 Å². The summed E-state index contributed by atoms with van der Waals surface area (Å²) in [7, 11) is 0.